The van der Waals surface area contributed by atoms with E-state index in [0.29, 0.717) is 12.1 Å². The molecule has 0 spiro atoms. The molecule has 1 unspecified atom stereocenters. The van der Waals surface area contributed by atoms with Gasteiger partial charge in [-0.15, -0.1) is 0 Å². The van der Waals surface area contributed by atoms with Crippen molar-refractivity contribution in [1.82, 2.24) is 9.88 Å². The largest absolute Gasteiger partial charge is 0.494 e. The molecular formula is C19H19N3O6. The van der Waals surface area contributed by atoms with Gasteiger partial charge in [0.15, 0.2) is 5.58 Å². The summed E-state index contributed by atoms with van der Waals surface area (Å²) in [6.45, 7) is 4.04. The van der Waals surface area contributed by atoms with Crippen LogP contribution in [0.3, 0.4) is 0 Å². The van der Waals surface area contributed by atoms with Crippen LogP contribution in [0.2, 0.25) is 0 Å². The van der Waals surface area contributed by atoms with Crippen LogP contribution in [-0.2, 0) is 11.3 Å². The Hall–Kier alpha value is -3.62. The summed E-state index contributed by atoms with van der Waals surface area (Å²) >= 11 is 0. The van der Waals surface area contributed by atoms with E-state index in [0.717, 1.165) is 21.9 Å². The Labute approximate surface area is 159 Å². The van der Waals surface area contributed by atoms with Crippen molar-refractivity contribution in [2.24, 2.45) is 0 Å². The fourth-order valence-corrected chi connectivity index (χ4v) is 2.85. The molecule has 0 aliphatic rings. The van der Waals surface area contributed by atoms with Crippen LogP contribution in [0.4, 0.5) is 5.69 Å². The summed E-state index contributed by atoms with van der Waals surface area (Å²) in [6, 6.07) is 10.9. The number of amides is 1. The van der Waals surface area contributed by atoms with Crippen molar-refractivity contribution in [3.05, 3.63) is 68.7 Å². The monoisotopic (exact) mass is 385 g/mol. The smallest absolute Gasteiger partial charge is 0.420 e. The van der Waals surface area contributed by atoms with Crippen LogP contribution >= 0.6 is 0 Å². The Morgan fingerprint density at radius 1 is 1.29 bits per heavy atom. The van der Waals surface area contributed by atoms with Gasteiger partial charge < -0.3 is 14.5 Å². The number of nitro groups is 1. The van der Waals surface area contributed by atoms with Gasteiger partial charge in [-0.25, -0.2) is 4.79 Å². The van der Waals surface area contributed by atoms with E-state index in [1.54, 1.807) is 0 Å². The van der Waals surface area contributed by atoms with Crippen LogP contribution in [0.25, 0.3) is 11.1 Å². The second-order valence-electron chi connectivity index (χ2n) is 6.15. The minimum atomic E-state index is -0.751. The Morgan fingerprint density at radius 3 is 2.64 bits per heavy atom. The number of fused-ring (bicyclic) bond motifs is 1. The van der Waals surface area contributed by atoms with Crippen molar-refractivity contribution < 1.29 is 18.9 Å². The third-order valence-corrected chi connectivity index (χ3v) is 4.23. The molecule has 9 heteroatoms. The number of hydrogen-bond donors (Lipinski definition) is 1. The van der Waals surface area contributed by atoms with Gasteiger partial charge in [-0.05, 0) is 37.6 Å². The number of hydrogen-bond acceptors (Lipinski definition) is 6. The molecule has 1 N–H and O–H groups in total. The first-order valence-corrected chi connectivity index (χ1v) is 8.69. The highest BCUT2D eigenvalue weighted by Gasteiger charge is 2.17. The molecule has 0 bridgehead atoms. The van der Waals surface area contributed by atoms with Gasteiger partial charge in [0.2, 0.25) is 5.91 Å². The van der Waals surface area contributed by atoms with Gasteiger partial charge in [0.1, 0.15) is 12.3 Å². The standard InChI is InChI=1S/C19H19N3O6/c1-3-27-15-7-4-13(5-8-15)12(2)20-18(23)11-21-16-9-6-14(22(25)26)10-17(16)28-19(21)24/h4-10,12H,3,11H2,1-2H3,(H,20,23). The SMILES string of the molecule is CCOc1ccc(C(C)NC(=O)Cn2c(=O)oc3cc([N+](=O)[O-])ccc32)cc1. The van der Waals surface area contributed by atoms with Crippen LogP contribution in [0.1, 0.15) is 25.5 Å². The fraction of sp³-hybridized carbons (Fsp3) is 0.263. The summed E-state index contributed by atoms with van der Waals surface area (Å²) in [7, 11) is 0. The van der Waals surface area contributed by atoms with E-state index < -0.39 is 10.7 Å². The number of oxazole rings is 1. The summed E-state index contributed by atoms with van der Waals surface area (Å²) in [6.07, 6.45) is 0. The molecule has 3 rings (SSSR count). The molecule has 146 valence electrons. The number of non-ortho nitro benzene ring substituents is 1. The summed E-state index contributed by atoms with van der Waals surface area (Å²) in [5.41, 5.74) is 1.07. The Balaban J connectivity index is 1.73. The average molecular weight is 385 g/mol. The average Bonchev–Trinajstić information content (AvgIpc) is 2.97. The highest BCUT2D eigenvalue weighted by molar-refractivity contribution is 5.80. The molecule has 3 aromatic rings. The Bertz CT molecular complexity index is 1070. The Kier molecular flexibility index (Phi) is 5.44. The third kappa shape index (κ3) is 4.03. The predicted molar refractivity (Wildman–Crippen MR) is 101 cm³/mol. The van der Waals surface area contributed by atoms with Crippen LogP contribution < -0.4 is 15.8 Å². The zero-order valence-corrected chi connectivity index (χ0v) is 15.4. The van der Waals surface area contributed by atoms with Crippen LogP contribution in [0.5, 0.6) is 5.75 Å². The van der Waals surface area contributed by atoms with Gasteiger partial charge in [0.25, 0.3) is 5.69 Å². The van der Waals surface area contributed by atoms with Gasteiger partial charge in [-0.1, -0.05) is 12.1 Å². The highest BCUT2D eigenvalue weighted by Crippen LogP contribution is 2.20. The van der Waals surface area contributed by atoms with Crippen molar-refractivity contribution in [2.75, 3.05) is 6.61 Å². The lowest BCUT2D eigenvalue weighted by Gasteiger charge is -2.15. The lowest BCUT2D eigenvalue weighted by Crippen LogP contribution is -2.32. The van der Waals surface area contributed by atoms with Crippen molar-refractivity contribution in [3.8, 4) is 5.75 Å². The molecular weight excluding hydrogens is 366 g/mol. The fourth-order valence-electron chi connectivity index (χ4n) is 2.85. The second kappa shape index (κ2) is 7.95. The molecule has 1 heterocycles. The van der Waals surface area contributed by atoms with E-state index in [-0.39, 0.29) is 29.8 Å². The predicted octanol–water partition coefficient (Wildman–Crippen LogP) is 2.78. The number of rotatable bonds is 7. The van der Waals surface area contributed by atoms with E-state index in [4.69, 9.17) is 9.15 Å². The number of carbonyl (C=O) groups excluding carboxylic acids is 1. The maximum atomic E-state index is 12.4. The van der Waals surface area contributed by atoms with Gasteiger partial charge in [0, 0.05) is 6.07 Å². The first kappa shape index (κ1) is 19.2. The summed E-state index contributed by atoms with van der Waals surface area (Å²) in [4.78, 5) is 34.7. The molecule has 0 saturated heterocycles. The summed E-state index contributed by atoms with van der Waals surface area (Å²) < 4.78 is 11.6. The first-order chi connectivity index (χ1) is 13.4. The number of nitrogens with one attached hydrogen (secondary N) is 1. The molecule has 0 aliphatic carbocycles. The number of carbonyl (C=O) groups is 1. The van der Waals surface area contributed by atoms with Crippen molar-refractivity contribution in [1.29, 1.82) is 0 Å². The minimum absolute atomic E-state index is 0.0616. The molecule has 28 heavy (non-hydrogen) atoms. The van der Waals surface area contributed by atoms with Gasteiger partial charge >= 0.3 is 5.76 Å². The van der Waals surface area contributed by atoms with Crippen molar-refractivity contribution >= 4 is 22.7 Å². The van der Waals surface area contributed by atoms with E-state index in [1.807, 2.05) is 38.1 Å². The van der Waals surface area contributed by atoms with Crippen LogP contribution in [0.15, 0.2) is 51.7 Å². The number of aromatic nitrogens is 1. The molecule has 1 amide bonds. The number of nitro benzene ring substituents is 1. The van der Waals surface area contributed by atoms with Gasteiger partial charge in [0.05, 0.1) is 29.2 Å². The highest BCUT2D eigenvalue weighted by atomic mass is 16.6. The second-order valence-corrected chi connectivity index (χ2v) is 6.15. The third-order valence-electron chi connectivity index (χ3n) is 4.23. The lowest BCUT2D eigenvalue weighted by atomic mass is 10.1. The topological polar surface area (TPSA) is 117 Å². The number of nitrogens with zero attached hydrogens (tertiary/aromatic N) is 2. The zero-order chi connectivity index (χ0) is 20.3. The summed E-state index contributed by atoms with van der Waals surface area (Å²) in [5.74, 6) is -0.390. The van der Waals surface area contributed by atoms with Crippen LogP contribution in [0, 0.1) is 10.1 Å². The molecule has 1 atom stereocenters. The zero-order valence-electron chi connectivity index (χ0n) is 15.4. The molecule has 0 aliphatic heterocycles. The van der Waals surface area contributed by atoms with E-state index in [1.165, 1.54) is 12.1 Å². The van der Waals surface area contributed by atoms with E-state index >= 15 is 0 Å². The Morgan fingerprint density at radius 2 is 2.00 bits per heavy atom. The lowest BCUT2D eigenvalue weighted by molar-refractivity contribution is -0.384. The first-order valence-electron chi connectivity index (χ1n) is 8.69. The van der Waals surface area contributed by atoms with E-state index in [9.17, 15) is 19.7 Å². The normalized spacial score (nSPS) is 11.9. The van der Waals surface area contributed by atoms with Crippen molar-refractivity contribution in [3.63, 3.8) is 0 Å². The molecule has 2 aromatic carbocycles. The number of ether oxygens (including phenoxy) is 1. The quantitative estimate of drug-likeness (QED) is 0.494. The maximum absolute atomic E-state index is 12.4. The minimum Gasteiger partial charge on any atom is -0.494 e. The van der Waals surface area contributed by atoms with Crippen LogP contribution in [-0.4, -0.2) is 22.0 Å². The van der Waals surface area contributed by atoms with Gasteiger partial charge in [-0.3, -0.25) is 19.5 Å². The molecule has 0 radical (unpaired) electrons. The molecule has 0 fully saturated rings. The molecule has 0 saturated carbocycles. The molecule has 1 aromatic heterocycles. The maximum Gasteiger partial charge on any atom is 0.420 e. The summed E-state index contributed by atoms with van der Waals surface area (Å²) in [5, 5.41) is 13.7. The van der Waals surface area contributed by atoms with Crippen molar-refractivity contribution in [2.45, 2.75) is 26.4 Å². The van der Waals surface area contributed by atoms with Gasteiger partial charge in [-0.2, -0.15) is 0 Å². The van der Waals surface area contributed by atoms with E-state index in [2.05, 4.69) is 5.32 Å². The number of benzene rings is 2. The molecule has 9 nitrogen and oxygen atoms in total.